The highest BCUT2D eigenvalue weighted by atomic mass is 16.6. The number of rotatable bonds is 2. The van der Waals surface area contributed by atoms with Gasteiger partial charge >= 0.3 is 5.97 Å². The zero-order valence-electron chi connectivity index (χ0n) is 12.2. The zero-order chi connectivity index (χ0) is 15.0. The molecule has 4 rings (SSSR count). The van der Waals surface area contributed by atoms with E-state index in [1.54, 1.807) is 0 Å². The summed E-state index contributed by atoms with van der Waals surface area (Å²) in [5, 5.41) is 3.28. The molecule has 2 aliphatic heterocycles. The number of esters is 1. The van der Waals surface area contributed by atoms with Crippen molar-refractivity contribution >= 4 is 5.97 Å². The van der Waals surface area contributed by atoms with Gasteiger partial charge in [0.15, 0.2) is 0 Å². The number of carbonyl (C=O) groups excluding carboxylic acids is 1. The Morgan fingerprint density at radius 3 is 2.18 bits per heavy atom. The van der Waals surface area contributed by atoms with Gasteiger partial charge in [0.05, 0.1) is 0 Å². The van der Waals surface area contributed by atoms with Crippen molar-refractivity contribution in [3.63, 3.8) is 0 Å². The fraction of sp³-hybridized carbons (Fsp3) is 0.278. The predicted octanol–water partition coefficient (Wildman–Crippen LogP) is 1.72. The molecule has 0 spiro atoms. The number of nitrogens with zero attached hydrogens (tertiary/aromatic N) is 1. The van der Waals surface area contributed by atoms with E-state index in [4.69, 9.17) is 4.74 Å². The largest absolute Gasteiger partial charge is 0.434 e. The normalized spacial score (nSPS) is 23.8. The molecule has 0 amide bonds. The number of fused-ring (bicyclic) bond motifs is 1. The molecule has 2 aliphatic rings. The summed E-state index contributed by atoms with van der Waals surface area (Å²) < 4.78 is 6.02. The van der Waals surface area contributed by atoms with E-state index in [1.807, 2.05) is 60.7 Å². The van der Waals surface area contributed by atoms with Crippen molar-refractivity contribution in [1.82, 2.24) is 10.2 Å². The number of carbonyl (C=O) groups is 1. The van der Waals surface area contributed by atoms with Gasteiger partial charge in [-0.2, -0.15) is 0 Å². The maximum absolute atomic E-state index is 12.5. The lowest BCUT2D eigenvalue weighted by Crippen LogP contribution is -2.56. The second kappa shape index (κ2) is 5.23. The summed E-state index contributed by atoms with van der Waals surface area (Å²) in [4.78, 5) is 14.7. The Balaban J connectivity index is 1.92. The predicted molar refractivity (Wildman–Crippen MR) is 83.1 cm³/mol. The molecule has 2 heterocycles. The highest BCUT2D eigenvalue weighted by molar-refractivity contribution is 5.80. The second-order valence-corrected chi connectivity index (χ2v) is 5.71. The van der Waals surface area contributed by atoms with Crippen LogP contribution in [0, 0.1) is 0 Å². The molecule has 0 saturated carbocycles. The van der Waals surface area contributed by atoms with Crippen LogP contribution in [0.25, 0.3) is 0 Å². The van der Waals surface area contributed by atoms with Gasteiger partial charge in [-0.25, -0.2) is 4.90 Å². The number of nitrogens with one attached hydrogen (secondary N) is 1. The smallest absolute Gasteiger partial charge is 0.327 e. The Labute approximate surface area is 129 Å². The summed E-state index contributed by atoms with van der Waals surface area (Å²) >= 11 is 0. The molecule has 2 saturated heterocycles. The van der Waals surface area contributed by atoms with E-state index < -0.39 is 5.72 Å². The maximum atomic E-state index is 12.5. The van der Waals surface area contributed by atoms with Crippen LogP contribution in [0.15, 0.2) is 60.7 Å². The van der Waals surface area contributed by atoms with Crippen molar-refractivity contribution in [3.8, 4) is 0 Å². The Morgan fingerprint density at radius 2 is 1.59 bits per heavy atom. The lowest BCUT2D eigenvalue weighted by Gasteiger charge is -2.40. The van der Waals surface area contributed by atoms with Gasteiger partial charge in [-0.3, -0.25) is 4.79 Å². The molecule has 0 bridgehead atoms. The number of cyclic esters (lactones) is 1. The van der Waals surface area contributed by atoms with Gasteiger partial charge in [-0.1, -0.05) is 60.7 Å². The lowest BCUT2D eigenvalue weighted by molar-refractivity contribution is -0.149. The van der Waals surface area contributed by atoms with Crippen LogP contribution in [0.2, 0.25) is 0 Å². The van der Waals surface area contributed by atoms with Crippen LogP contribution in [0.4, 0.5) is 0 Å². The SMILES string of the molecule is O=C1OC(c2ccccc2)(c2ccccc2)N2CCNCC12. The third kappa shape index (κ3) is 1.88. The first-order valence-corrected chi connectivity index (χ1v) is 7.64. The van der Waals surface area contributed by atoms with E-state index in [-0.39, 0.29) is 12.0 Å². The Hall–Kier alpha value is -2.17. The molecular weight excluding hydrogens is 276 g/mol. The molecule has 2 fully saturated rings. The molecule has 112 valence electrons. The molecule has 1 N–H and O–H groups in total. The van der Waals surface area contributed by atoms with Crippen molar-refractivity contribution in [1.29, 1.82) is 0 Å². The Morgan fingerprint density at radius 1 is 1.00 bits per heavy atom. The number of hydrogen-bond donors (Lipinski definition) is 1. The van der Waals surface area contributed by atoms with Crippen LogP contribution in [0.1, 0.15) is 11.1 Å². The van der Waals surface area contributed by atoms with E-state index in [0.29, 0.717) is 6.54 Å². The van der Waals surface area contributed by atoms with E-state index in [0.717, 1.165) is 24.2 Å². The third-order valence-corrected chi connectivity index (χ3v) is 4.50. The van der Waals surface area contributed by atoms with Gasteiger partial charge in [-0.05, 0) is 0 Å². The summed E-state index contributed by atoms with van der Waals surface area (Å²) in [6.07, 6.45) is 0. The van der Waals surface area contributed by atoms with Crippen molar-refractivity contribution in [2.45, 2.75) is 11.8 Å². The maximum Gasteiger partial charge on any atom is 0.327 e. The van der Waals surface area contributed by atoms with Crippen molar-refractivity contribution < 1.29 is 9.53 Å². The fourth-order valence-corrected chi connectivity index (χ4v) is 3.51. The first-order valence-electron chi connectivity index (χ1n) is 7.64. The minimum absolute atomic E-state index is 0.153. The second-order valence-electron chi connectivity index (χ2n) is 5.71. The Bertz CT molecular complexity index is 633. The molecular formula is C18H18N2O2. The molecule has 2 aromatic rings. The molecule has 2 aromatic carbocycles. The molecule has 1 unspecified atom stereocenters. The molecule has 1 atom stereocenters. The quantitative estimate of drug-likeness (QED) is 0.856. The monoisotopic (exact) mass is 294 g/mol. The van der Waals surface area contributed by atoms with Gasteiger partial charge in [0.25, 0.3) is 0 Å². The molecule has 0 aromatic heterocycles. The van der Waals surface area contributed by atoms with Gasteiger partial charge in [-0.15, -0.1) is 0 Å². The molecule has 0 radical (unpaired) electrons. The van der Waals surface area contributed by atoms with Crippen LogP contribution >= 0.6 is 0 Å². The summed E-state index contributed by atoms with van der Waals surface area (Å²) in [6.45, 7) is 2.27. The van der Waals surface area contributed by atoms with E-state index in [9.17, 15) is 4.79 Å². The molecule has 22 heavy (non-hydrogen) atoms. The first kappa shape index (κ1) is 13.5. The van der Waals surface area contributed by atoms with E-state index in [2.05, 4.69) is 10.2 Å². The van der Waals surface area contributed by atoms with Crippen molar-refractivity contribution in [3.05, 3.63) is 71.8 Å². The van der Waals surface area contributed by atoms with Crippen molar-refractivity contribution in [2.24, 2.45) is 0 Å². The topological polar surface area (TPSA) is 41.6 Å². The van der Waals surface area contributed by atoms with E-state index in [1.165, 1.54) is 0 Å². The standard InChI is InChI=1S/C18H18N2O2/c21-17-16-13-19-11-12-20(16)18(22-17,14-7-3-1-4-8-14)15-9-5-2-6-10-15/h1-10,16,19H,11-13H2. The Kier molecular flexibility index (Phi) is 3.21. The molecule has 0 aliphatic carbocycles. The summed E-state index contributed by atoms with van der Waals surface area (Å²) in [5.41, 5.74) is 1.18. The van der Waals surface area contributed by atoms with Gasteiger partial charge in [0.2, 0.25) is 5.72 Å². The summed E-state index contributed by atoms with van der Waals surface area (Å²) in [7, 11) is 0. The minimum Gasteiger partial charge on any atom is -0.434 e. The average molecular weight is 294 g/mol. The van der Waals surface area contributed by atoms with E-state index >= 15 is 0 Å². The van der Waals surface area contributed by atoms with Crippen LogP contribution in [-0.4, -0.2) is 36.5 Å². The zero-order valence-corrected chi connectivity index (χ0v) is 12.2. The first-order chi connectivity index (χ1) is 10.8. The summed E-state index contributed by atoms with van der Waals surface area (Å²) in [5.74, 6) is -0.153. The highest BCUT2D eigenvalue weighted by Gasteiger charge is 2.56. The van der Waals surface area contributed by atoms with Gasteiger partial charge in [0, 0.05) is 30.8 Å². The van der Waals surface area contributed by atoms with Crippen LogP contribution < -0.4 is 5.32 Å². The lowest BCUT2D eigenvalue weighted by atomic mass is 9.92. The summed E-state index contributed by atoms with van der Waals surface area (Å²) in [6, 6.07) is 19.8. The minimum atomic E-state index is -0.813. The highest BCUT2D eigenvalue weighted by Crippen LogP contribution is 2.43. The van der Waals surface area contributed by atoms with Crippen LogP contribution in [0.5, 0.6) is 0 Å². The number of ether oxygens (including phenoxy) is 1. The van der Waals surface area contributed by atoms with Crippen LogP contribution in [0.3, 0.4) is 0 Å². The van der Waals surface area contributed by atoms with Crippen molar-refractivity contribution in [2.75, 3.05) is 19.6 Å². The molecule has 4 nitrogen and oxygen atoms in total. The van der Waals surface area contributed by atoms with Crippen LogP contribution in [-0.2, 0) is 15.3 Å². The molecule has 4 heteroatoms. The third-order valence-electron chi connectivity index (χ3n) is 4.50. The number of piperazine rings is 1. The fourth-order valence-electron chi connectivity index (χ4n) is 3.51. The number of benzene rings is 2. The average Bonchev–Trinajstić information content (AvgIpc) is 2.91. The van der Waals surface area contributed by atoms with Gasteiger partial charge < -0.3 is 10.1 Å². The number of hydrogen-bond acceptors (Lipinski definition) is 4. The van der Waals surface area contributed by atoms with Gasteiger partial charge in [0.1, 0.15) is 6.04 Å².